The second-order valence-corrected chi connectivity index (χ2v) is 7.89. The lowest BCUT2D eigenvalue weighted by atomic mass is 9.72. The summed E-state index contributed by atoms with van der Waals surface area (Å²) in [6, 6.07) is 22.2. The molecule has 2 heteroatoms. The van der Waals surface area contributed by atoms with E-state index in [1.165, 1.54) is 36.9 Å². The van der Waals surface area contributed by atoms with Gasteiger partial charge < -0.3 is 4.90 Å². The molecule has 0 unspecified atom stereocenters. The maximum atomic E-state index is 2.80. The van der Waals surface area contributed by atoms with E-state index in [-0.39, 0.29) is 5.54 Å². The molecule has 2 aromatic rings. The van der Waals surface area contributed by atoms with Crippen LogP contribution >= 0.6 is 0 Å². The minimum Gasteiger partial charge on any atom is -0.369 e. The summed E-state index contributed by atoms with van der Waals surface area (Å²) in [6.45, 7) is 7.01. The van der Waals surface area contributed by atoms with Crippen LogP contribution in [0.1, 0.15) is 38.2 Å². The molecule has 0 radical (unpaired) electrons. The van der Waals surface area contributed by atoms with E-state index in [0.717, 1.165) is 32.1 Å². The highest BCUT2D eigenvalue weighted by Gasteiger charge is 2.41. The summed E-state index contributed by atoms with van der Waals surface area (Å²) in [4.78, 5) is 5.34. The van der Waals surface area contributed by atoms with Crippen molar-refractivity contribution in [2.45, 2.75) is 38.1 Å². The van der Waals surface area contributed by atoms with Gasteiger partial charge in [-0.1, -0.05) is 55.5 Å². The normalized spacial score (nSPS) is 28.0. The Bertz CT molecular complexity index is 651. The fourth-order valence-electron chi connectivity index (χ4n) is 4.81. The van der Waals surface area contributed by atoms with Crippen molar-refractivity contribution in [2.24, 2.45) is 5.92 Å². The summed E-state index contributed by atoms with van der Waals surface area (Å²) >= 11 is 0. The van der Waals surface area contributed by atoms with Crippen LogP contribution in [0.3, 0.4) is 0 Å². The zero-order valence-electron chi connectivity index (χ0n) is 15.4. The van der Waals surface area contributed by atoms with Gasteiger partial charge in [-0.3, -0.25) is 4.90 Å². The molecule has 1 aliphatic heterocycles. The third-order valence-corrected chi connectivity index (χ3v) is 6.42. The van der Waals surface area contributed by atoms with E-state index in [4.69, 9.17) is 0 Å². The average Bonchev–Trinajstić information content (AvgIpc) is 2.70. The van der Waals surface area contributed by atoms with Crippen LogP contribution in [0.5, 0.6) is 0 Å². The van der Waals surface area contributed by atoms with E-state index in [9.17, 15) is 0 Å². The Kier molecular flexibility index (Phi) is 4.80. The standard InChI is InChI=1S/C23H30N2/c1-20-12-14-23(15-13-20,21-8-4-2-5-9-21)25-18-16-24(17-19-25)22-10-6-3-7-11-22/h2-11,20H,12-19H2,1H3. The van der Waals surface area contributed by atoms with Crippen molar-refractivity contribution in [3.05, 3.63) is 66.2 Å². The topological polar surface area (TPSA) is 6.48 Å². The minimum absolute atomic E-state index is 0.260. The summed E-state index contributed by atoms with van der Waals surface area (Å²) in [7, 11) is 0. The lowest BCUT2D eigenvalue weighted by Gasteiger charge is -2.51. The molecule has 2 aromatic carbocycles. The van der Waals surface area contributed by atoms with Gasteiger partial charge in [0, 0.05) is 37.4 Å². The number of benzene rings is 2. The van der Waals surface area contributed by atoms with Gasteiger partial charge in [-0.05, 0) is 49.3 Å². The van der Waals surface area contributed by atoms with Gasteiger partial charge in [0.15, 0.2) is 0 Å². The number of para-hydroxylation sites is 1. The van der Waals surface area contributed by atoms with Gasteiger partial charge in [-0.15, -0.1) is 0 Å². The van der Waals surface area contributed by atoms with Gasteiger partial charge in [-0.2, -0.15) is 0 Å². The molecule has 4 rings (SSSR count). The molecule has 0 spiro atoms. The first kappa shape index (κ1) is 16.7. The van der Waals surface area contributed by atoms with E-state index < -0.39 is 0 Å². The molecule has 1 aliphatic carbocycles. The van der Waals surface area contributed by atoms with Gasteiger partial charge in [0.1, 0.15) is 0 Å². The van der Waals surface area contributed by atoms with Crippen LogP contribution in [0.15, 0.2) is 60.7 Å². The Morgan fingerprint density at radius 1 is 0.760 bits per heavy atom. The van der Waals surface area contributed by atoms with E-state index in [1.54, 1.807) is 0 Å². The molecule has 132 valence electrons. The maximum Gasteiger partial charge on any atom is 0.0462 e. The molecule has 0 atom stereocenters. The summed E-state index contributed by atoms with van der Waals surface area (Å²) in [5.41, 5.74) is 3.17. The zero-order valence-corrected chi connectivity index (χ0v) is 15.4. The van der Waals surface area contributed by atoms with Crippen molar-refractivity contribution >= 4 is 5.69 Å². The third-order valence-electron chi connectivity index (χ3n) is 6.42. The fourth-order valence-corrected chi connectivity index (χ4v) is 4.81. The van der Waals surface area contributed by atoms with Crippen molar-refractivity contribution in [2.75, 3.05) is 31.1 Å². The number of anilines is 1. The molecular formula is C23H30N2. The molecule has 2 aliphatic rings. The molecular weight excluding hydrogens is 304 g/mol. The van der Waals surface area contributed by atoms with Crippen molar-refractivity contribution in [3.63, 3.8) is 0 Å². The Morgan fingerprint density at radius 2 is 1.32 bits per heavy atom. The fraction of sp³-hybridized carbons (Fsp3) is 0.478. The highest BCUT2D eigenvalue weighted by Crippen LogP contribution is 2.44. The molecule has 1 saturated carbocycles. The molecule has 1 saturated heterocycles. The predicted octanol–water partition coefficient (Wildman–Crippen LogP) is 4.91. The first-order chi connectivity index (χ1) is 12.3. The lowest BCUT2D eigenvalue weighted by molar-refractivity contribution is 0.0299. The van der Waals surface area contributed by atoms with E-state index in [0.29, 0.717) is 0 Å². The van der Waals surface area contributed by atoms with Crippen LogP contribution in [0.2, 0.25) is 0 Å². The van der Waals surface area contributed by atoms with Crippen LogP contribution in [-0.4, -0.2) is 31.1 Å². The maximum absolute atomic E-state index is 2.80. The minimum atomic E-state index is 0.260. The molecule has 1 heterocycles. The molecule has 0 N–H and O–H groups in total. The number of nitrogens with zero attached hydrogens (tertiary/aromatic N) is 2. The largest absolute Gasteiger partial charge is 0.369 e. The van der Waals surface area contributed by atoms with Crippen molar-refractivity contribution in [3.8, 4) is 0 Å². The van der Waals surface area contributed by atoms with Crippen molar-refractivity contribution in [1.82, 2.24) is 4.90 Å². The van der Waals surface area contributed by atoms with E-state index >= 15 is 0 Å². The monoisotopic (exact) mass is 334 g/mol. The summed E-state index contributed by atoms with van der Waals surface area (Å²) < 4.78 is 0. The van der Waals surface area contributed by atoms with Crippen LogP contribution < -0.4 is 4.90 Å². The first-order valence-electron chi connectivity index (χ1n) is 9.88. The summed E-state index contributed by atoms with van der Waals surface area (Å²) in [6.07, 6.45) is 5.33. The molecule has 0 aromatic heterocycles. The summed E-state index contributed by atoms with van der Waals surface area (Å²) in [5, 5.41) is 0. The van der Waals surface area contributed by atoms with E-state index in [2.05, 4.69) is 77.4 Å². The van der Waals surface area contributed by atoms with Gasteiger partial charge in [0.2, 0.25) is 0 Å². The zero-order chi connectivity index (χ0) is 17.1. The highest BCUT2D eigenvalue weighted by molar-refractivity contribution is 5.46. The smallest absolute Gasteiger partial charge is 0.0462 e. The van der Waals surface area contributed by atoms with Crippen LogP contribution in [0.25, 0.3) is 0 Å². The van der Waals surface area contributed by atoms with Crippen LogP contribution in [0.4, 0.5) is 5.69 Å². The van der Waals surface area contributed by atoms with Crippen LogP contribution in [-0.2, 0) is 5.54 Å². The average molecular weight is 335 g/mol. The molecule has 0 amide bonds. The number of hydrogen-bond donors (Lipinski definition) is 0. The van der Waals surface area contributed by atoms with Gasteiger partial charge in [-0.25, -0.2) is 0 Å². The summed E-state index contributed by atoms with van der Waals surface area (Å²) in [5.74, 6) is 0.877. The highest BCUT2D eigenvalue weighted by atomic mass is 15.3. The molecule has 2 nitrogen and oxygen atoms in total. The number of rotatable bonds is 3. The SMILES string of the molecule is CC1CCC(c2ccccc2)(N2CCN(c3ccccc3)CC2)CC1. The Balaban J connectivity index is 1.54. The van der Waals surface area contributed by atoms with Gasteiger partial charge >= 0.3 is 0 Å². The lowest BCUT2D eigenvalue weighted by Crippen LogP contribution is -2.56. The van der Waals surface area contributed by atoms with Gasteiger partial charge in [0.05, 0.1) is 0 Å². The molecule has 2 fully saturated rings. The number of hydrogen-bond acceptors (Lipinski definition) is 2. The van der Waals surface area contributed by atoms with Gasteiger partial charge in [0.25, 0.3) is 0 Å². The Morgan fingerprint density at radius 3 is 1.92 bits per heavy atom. The molecule has 25 heavy (non-hydrogen) atoms. The first-order valence-corrected chi connectivity index (χ1v) is 9.88. The second-order valence-electron chi connectivity index (χ2n) is 7.89. The third kappa shape index (κ3) is 3.32. The second kappa shape index (κ2) is 7.21. The number of piperazine rings is 1. The van der Waals surface area contributed by atoms with Crippen molar-refractivity contribution < 1.29 is 0 Å². The van der Waals surface area contributed by atoms with E-state index in [1.807, 2.05) is 0 Å². The van der Waals surface area contributed by atoms with Crippen LogP contribution in [0, 0.1) is 5.92 Å². The quantitative estimate of drug-likeness (QED) is 0.786. The Hall–Kier alpha value is -1.80. The predicted molar refractivity (Wildman–Crippen MR) is 106 cm³/mol. The van der Waals surface area contributed by atoms with Crippen molar-refractivity contribution in [1.29, 1.82) is 0 Å². The Labute approximate surface area is 152 Å². The molecule has 0 bridgehead atoms.